The average Bonchev–Trinajstić information content (AvgIpc) is 2.98. The Balaban J connectivity index is 1.74. The Morgan fingerprint density at radius 1 is 1.33 bits per heavy atom. The first-order valence-electron chi connectivity index (χ1n) is 7.14. The molecule has 0 aliphatic heterocycles. The van der Waals surface area contributed by atoms with Gasteiger partial charge in [-0.2, -0.15) is 4.80 Å². The van der Waals surface area contributed by atoms with Crippen LogP contribution in [0.25, 0.3) is 11.4 Å². The lowest BCUT2D eigenvalue weighted by molar-refractivity contribution is 0.423. The molecule has 2 aromatic heterocycles. The summed E-state index contributed by atoms with van der Waals surface area (Å²) in [5.74, 6) is 0.119. The van der Waals surface area contributed by atoms with E-state index in [4.69, 9.17) is 22.1 Å². The van der Waals surface area contributed by atoms with Crippen LogP contribution in [0.2, 0.25) is 5.02 Å². The zero-order valence-corrected chi connectivity index (χ0v) is 13.5. The minimum Gasteiger partial charge on any atom is -0.436 e. The first-order valence-corrected chi connectivity index (χ1v) is 7.52. The van der Waals surface area contributed by atoms with Crippen molar-refractivity contribution in [3.63, 3.8) is 0 Å². The number of nitrogens with zero attached hydrogens (tertiary/aromatic N) is 5. The van der Waals surface area contributed by atoms with Gasteiger partial charge in [0.25, 0.3) is 5.88 Å². The van der Waals surface area contributed by atoms with Gasteiger partial charge in [0, 0.05) is 17.8 Å². The van der Waals surface area contributed by atoms with E-state index in [0.29, 0.717) is 18.1 Å². The molecule has 2 N–H and O–H groups in total. The summed E-state index contributed by atoms with van der Waals surface area (Å²) in [4.78, 5) is 5.25. The van der Waals surface area contributed by atoms with Crippen LogP contribution in [0.3, 0.4) is 0 Å². The molecule has 0 saturated carbocycles. The maximum Gasteiger partial charge on any atom is 0.255 e. The van der Waals surface area contributed by atoms with Crippen LogP contribution >= 0.6 is 11.6 Å². The van der Waals surface area contributed by atoms with Crippen LogP contribution in [0.4, 0.5) is 4.39 Å². The van der Waals surface area contributed by atoms with Crippen LogP contribution in [0.15, 0.2) is 36.5 Å². The van der Waals surface area contributed by atoms with Crippen LogP contribution in [-0.4, -0.2) is 31.2 Å². The summed E-state index contributed by atoms with van der Waals surface area (Å²) < 4.78 is 19.1. The number of rotatable bonds is 5. The third-order valence-electron chi connectivity index (χ3n) is 3.01. The Labute approximate surface area is 142 Å². The minimum absolute atomic E-state index is 0.0652. The molecule has 0 spiro atoms. The number of halogens is 2. The molecule has 0 amide bonds. The maximum atomic E-state index is 13.7. The van der Waals surface area contributed by atoms with Gasteiger partial charge in [0.05, 0.1) is 11.6 Å². The average molecular weight is 349 g/mol. The quantitative estimate of drug-likeness (QED) is 0.762. The lowest BCUT2D eigenvalue weighted by Gasteiger charge is -2.06. The van der Waals surface area contributed by atoms with Crippen molar-refractivity contribution in [2.24, 2.45) is 5.73 Å². The van der Waals surface area contributed by atoms with Crippen molar-refractivity contribution < 1.29 is 9.13 Å². The van der Waals surface area contributed by atoms with E-state index in [9.17, 15) is 4.39 Å². The third-order valence-corrected chi connectivity index (χ3v) is 3.21. The fourth-order valence-corrected chi connectivity index (χ4v) is 2.10. The van der Waals surface area contributed by atoms with Gasteiger partial charge in [0.15, 0.2) is 5.82 Å². The topological polar surface area (TPSA) is 91.7 Å². The van der Waals surface area contributed by atoms with Crippen LogP contribution in [-0.2, 0) is 6.54 Å². The van der Waals surface area contributed by atoms with Gasteiger partial charge in [-0.05, 0) is 42.5 Å². The molecule has 24 heavy (non-hydrogen) atoms. The number of hydrogen-bond donors (Lipinski definition) is 1. The lowest BCUT2D eigenvalue weighted by Crippen LogP contribution is -2.23. The van der Waals surface area contributed by atoms with Crippen molar-refractivity contribution >= 4 is 11.6 Å². The first-order chi connectivity index (χ1) is 11.5. The van der Waals surface area contributed by atoms with E-state index < -0.39 is 5.82 Å². The van der Waals surface area contributed by atoms with Crippen molar-refractivity contribution in [2.75, 3.05) is 0 Å². The maximum absolute atomic E-state index is 13.7. The summed E-state index contributed by atoms with van der Waals surface area (Å²) in [6, 6.07) is 7.89. The highest BCUT2D eigenvalue weighted by atomic mass is 35.5. The normalized spacial score (nSPS) is 12.2. The summed E-state index contributed by atoms with van der Waals surface area (Å²) in [5.41, 5.74) is 6.45. The van der Waals surface area contributed by atoms with E-state index in [2.05, 4.69) is 20.4 Å². The van der Waals surface area contributed by atoms with Gasteiger partial charge < -0.3 is 10.5 Å². The van der Waals surface area contributed by atoms with Gasteiger partial charge in [0.2, 0.25) is 5.82 Å². The molecule has 0 aliphatic carbocycles. The molecule has 2 heterocycles. The van der Waals surface area contributed by atoms with Crippen LogP contribution in [0.5, 0.6) is 11.6 Å². The zero-order chi connectivity index (χ0) is 17.1. The largest absolute Gasteiger partial charge is 0.436 e. The smallest absolute Gasteiger partial charge is 0.255 e. The number of hydrogen-bond acceptors (Lipinski definition) is 6. The predicted molar refractivity (Wildman–Crippen MR) is 86.2 cm³/mol. The number of benzene rings is 1. The summed E-state index contributed by atoms with van der Waals surface area (Å²) in [5, 5.41) is 12.4. The lowest BCUT2D eigenvalue weighted by atomic mass is 10.2. The summed E-state index contributed by atoms with van der Waals surface area (Å²) in [6.45, 7) is 2.34. The molecular weight excluding hydrogens is 335 g/mol. The number of aromatic nitrogens is 5. The van der Waals surface area contributed by atoms with E-state index in [-0.39, 0.29) is 16.9 Å². The molecule has 1 aromatic carbocycles. The van der Waals surface area contributed by atoms with Gasteiger partial charge in [0.1, 0.15) is 5.75 Å². The first kappa shape index (κ1) is 16.3. The molecule has 0 unspecified atom stereocenters. The molecule has 0 fully saturated rings. The van der Waals surface area contributed by atoms with E-state index >= 15 is 0 Å². The van der Waals surface area contributed by atoms with Crippen LogP contribution in [0.1, 0.15) is 6.92 Å². The Bertz CT molecular complexity index is 836. The van der Waals surface area contributed by atoms with Crippen molar-refractivity contribution in [3.05, 3.63) is 47.4 Å². The number of pyridine rings is 1. The second-order valence-electron chi connectivity index (χ2n) is 5.21. The summed E-state index contributed by atoms with van der Waals surface area (Å²) in [7, 11) is 0. The van der Waals surface area contributed by atoms with Gasteiger partial charge in [-0.25, -0.2) is 9.37 Å². The molecule has 3 aromatic rings. The molecule has 0 aliphatic rings. The fraction of sp³-hybridized carbons (Fsp3) is 0.200. The molecule has 124 valence electrons. The Morgan fingerprint density at radius 3 is 2.75 bits per heavy atom. The molecular formula is C15H14ClFN6O. The Kier molecular flexibility index (Phi) is 4.68. The van der Waals surface area contributed by atoms with Gasteiger partial charge in [-0.15, -0.1) is 10.2 Å². The molecule has 9 heteroatoms. The molecule has 0 radical (unpaired) electrons. The molecule has 7 nitrogen and oxygen atoms in total. The molecule has 0 bridgehead atoms. The minimum atomic E-state index is -0.632. The molecule has 1 atom stereocenters. The molecule has 3 rings (SSSR count). The van der Waals surface area contributed by atoms with Crippen molar-refractivity contribution in [1.29, 1.82) is 0 Å². The van der Waals surface area contributed by atoms with Crippen molar-refractivity contribution in [3.8, 4) is 23.0 Å². The van der Waals surface area contributed by atoms with E-state index in [1.807, 2.05) is 6.92 Å². The van der Waals surface area contributed by atoms with Crippen molar-refractivity contribution in [1.82, 2.24) is 25.2 Å². The van der Waals surface area contributed by atoms with Crippen LogP contribution < -0.4 is 10.5 Å². The van der Waals surface area contributed by atoms with E-state index in [1.54, 1.807) is 24.3 Å². The number of tetrazole rings is 1. The Morgan fingerprint density at radius 2 is 2.08 bits per heavy atom. The SMILES string of the molecule is C[C@H](N)Cn1nnc(-c2ccc(Oc3ncc(Cl)cc3F)cc2)n1. The zero-order valence-electron chi connectivity index (χ0n) is 12.7. The highest BCUT2D eigenvalue weighted by molar-refractivity contribution is 6.30. The Hall–Kier alpha value is -2.58. The van der Waals surface area contributed by atoms with E-state index in [1.165, 1.54) is 11.0 Å². The van der Waals surface area contributed by atoms with E-state index in [0.717, 1.165) is 11.6 Å². The second kappa shape index (κ2) is 6.90. The predicted octanol–water partition coefficient (Wildman–Crippen LogP) is 2.67. The van der Waals surface area contributed by atoms with Gasteiger partial charge in [-0.3, -0.25) is 0 Å². The van der Waals surface area contributed by atoms with Gasteiger partial charge in [-0.1, -0.05) is 11.6 Å². The summed E-state index contributed by atoms with van der Waals surface area (Å²) >= 11 is 5.65. The number of ether oxygens (including phenoxy) is 1. The highest BCUT2D eigenvalue weighted by Gasteiger charge is 2.10. The highest BCUT2D eigenvalue weighted by Crippen LogP contribution is 2.25. The van der Waals surface area contributed by atoms with Crippen LogP contribution in [0, 0.1) is 5.82 Å². The second-order valence-corrected chi connectivity index (χ2v) is 5.65. The fourth-order valence-electron chi connectivity index (χ4n) is 1.95. The van der Waals surface area contributed by atoms with Crippen molar-refractivity contribution in [2.45, 2.75) is 19.5 Å². The molecule has 0 saturated heterocycles. The summed E-state index contributed by atoms with van der Waals surface area (Å²) in [6.07, 6.45) is 1.31. The number of nitrogens with two attached hydrogens (primary N) is 1. The monoisotopic (exact) mass is 348 g/mol. The standard InChI is InChI=1S/C15H14ClFN6O/c1-9(18)8-23-21-14(20-22-23)10-2-4-12(5-3-10)24-15-13(17)6-11(16)7-19-15/h2-7,9H,8,18H2,1H3/t9-/m0/s1. The van der Waals surface area contributed by atoms with Gasteiger partial charge >= 0.3 is 0 Å². The third kappa shape index (κ3) is 3.84.